The van der Waals surface area contributed by atoms with E-state index in [0.717, 1.165) is 36.6 Å². The third-order valence-corrected chi connectivity index (χ3v) is 5.77. The predicted octanol–water partition coefficient (Wildman–Crippen LogP) is 1.62. The summed E-state index contributed by atoms with van der Waals surface area (Å²) in [6.07, 6.45) is 0.865. The summed E-state index contributed by atoms with van der Waals surface area (Å²) in [6, 6.07) is 7.37. The van der Waals surface area contributed by atoms with E-state index in [9.17, 15) is 37.6 Å². The van der Waals surface area contributed by atoms with Crippen LogP contribution in [0, 0.1) is 20.2 Å². The van der Waals surface area contributed by atoms with Crippen molar-refractivity contribution in [1.29, 1.82) is 0 Å². The SMILES string of the molecule is CS(=O)(=O)c1ccc(S(=O)CC(=O)Oc2ccc([N+](=O)[O-])cc2)c([N+](=O)[O-])c1. The molecule has 148 valence electrons. The largest absolute Gasteiger partial charge is 0.426 e. The van der Waals surface area contributed by atoms with E-state index in [-0.39, 0.29) is 21.2 Å². The molecule has 11 nitrogen and oxygen atoms in total. The Morgan fingerprint density at radius 3 is 2.18 bits per heavy atom. The summed E-state index contributed by atoms with van der Waals surface area (Å²) < 4.78 is 40.3. The second-order valence-electron chi connectivity index (χ2n) is 5.37. The van der Waals surface area contributed by atoms with Crippen LogP contribution in [0.15, 0.2) is 52.3 Å². The van der Waals surface area contributed by atoms with Gasteiger partial charge in [-0.1, -0.05) is 0 Å². The highest BCUT2D eigenvalue weighted by Gasteiger charge is 2.24. The number of nitrogens with zero attached hydrogens (tertiary/aromatic N) is 2. The van der Waals surface area contributed by atoms with Gasteiger partial charge in [0.15, 0.2) is 9.84 Å². The fraction of sp³-hybridized carbons (Fsp3) is 0.133. The third-order valence-electron chi connectivity index (χ3n) is 3.33. The second kappa shape index (κ2) is 8.22. The molecule has 0 radical (unpaired) electrons. The first kappa shape index (κ1) is 21.1. The molecule has 0 saturated carbocycles. The van der Waals surface area contributed by atoms with Gasteiger partial charge in [0.2, 0.25) is 0 Å². The normalized spacial score (nSPS) is 12.2. The zero-order valence-electron chi connectivity index (χ0n) is 14.1. The van der Waals surface area contributed by atoms with E-state index < -0.39 is 47.9 Å². The molecule has 0 fully saturated rings. The number of benzene rings is 2. The zero-order chi connectivity index (χ0) is 21.1. The van der Waals surface area contributed by atoms with Gasteiger partial charge in [-0.3, -0.25) is 29.2 Å². The van der Waals surface area contributed by atoms with Crippen LogP contribution in [0.5, 0.6) is 5.75 Å². The minimum absolute atomic E-state index is 0.0328. The highest BCUT2D eigenvalue weighted by molar-refractivity contribution is 7.90. The topological polar surface area (TPSA) is 164 Å². The van der Waals surface area contributed by atoms with E-state index in [1.165, 1.54) is 12.1 Å². The Bertz CT molecular complexity index is 1080. The molecule has 2 rings (SSSR count). The minimum atomic E-state index is -3.72. The highest BCUT2D eigenvalue weighted by atomic mass is 32.2. The number of hydrogen-bond donors (Lipinski definition) is 0. The number of sulfone groups is 1. The zero-order valence-corrected chi connectivity index (χ0v) is 15.8. The van der Waals surface area contributed by atoms with E-state index in [0.29, 0.717) is 0 Å². The number of carbonyl (C=O) groups excluding carboxylic acids is 1. The van der Waals surface area contributed by atoms with Gasteiger partial charge in [-0.05, 0) is 24.3 Å². The van der Waals surface area contributed by atoms with Crippen LogP contribution >= 0.6 is 0 Å². The maximum atomic E-state index is 12.3. The number of rotatable bonds is 7. The Hall–Kier alpha value is -3.19. The van der Waals surface area contributed by atoms with Crippen LogP contribution < -0.4 is 4.74 Å². The van der Waals surface area contributed by atoms with Crippen molar-refractivity contribution in [2.45, 2.75) is 9.79 Å². The molecular formula is C15H12N2O9S2. The fourth-order valence-electron chi connectivity index (χ4n) is 2.04. The summed E-state index contributed by atoms with van der Waals surface area (Å²) in [6.45, 7) is 0. The molecule has 0 aliphatic carbocycles. The van der Waals surface area contributed by atoms with E-state index in [1.54, 1.807) is 0 Å². The van der Waals surface area contributed by atoms with Crippen molar-refractivity contribution in [3.63, 3.8) is 0 Å². The van der Waals surface area contributed by atoms with Gasteiger partial charge in [0.1, 0.15) is 16.4 Å². The Morgan fingerprint density at radius 1 is 1.07 bits per heavy atom. The van der Waals surface area contributed by atoms with Gasteiger partial charge in [-0.15, -0.1) is 0 Å². The lowest BCUT2D eigenvalue weighted by Crippen LogP contribution is -2.18. The number of hydrogen-bond acceptors (Lipinski definition) is 9. The standard InChI is InChI=1S/C15H12N2O9S2/c1-28(24,25)12-6-7-14(13(8-12)17(21)22)27(23)9-15(18)26-11-4-2-10(3-5-11)16(19)20/h2-8H,9H2,1H3. The fourth-order valence-corrected chi connectivity index (χ4v) is 3.70. The number of esters is 1. The van der Waals surface area contributed by atoms with Crippen molar-refractivity contribution in [3.8, 4) is 5.75 Å². The summed E-state index contributed by atoms with van der Waals surface area (Å²) in [5.74, 6) is -1.76. The number of nitro benzene ring substituents is 2. The van der Waals surface area contributed by atoms with Crippen molar-refractivity contribution >= 4 is 38.0 Å². The first-order valence-corrected chi connectivity index (χ1v) is 10.5. The summed E-state index contributed by atoms with van der Waals surface area (Å²) in [5, 5.41) is 21.7. The minimum Gasteiger partial charge on any atom is -0.426 e. The van der Waals surface area contributed by atoms with Gasteiger partial charge in [0, 0.05) is 24.5 Å². The number of ether oxygens (including phenoxy) is 1. The molecule has 0 saturated heterocycles. The lowest BCUT2D eigenvalue weighted by molar-refractivity contribution is -0.388. The molecule has 1 unspecified atom stereocenters. The summed E-state index contributed by atoms with van der Waals surface area (Å²) in [5.41, 5.74) is -0.922. The first-order valence-electron chi connectivity index (χ1n) is 7.31. The van der Waals surface area contributed by atoms with E-state index >= 15 is 0 Å². The molecule has 2 aromatic rings. The molecule has 0 aromatic heterocycles. The molecule has 1 atom stereocenters. The Balaban J connectivity index is 2.18. The molecule has 13 heteroatoms. The number of non-ortho nitro benzene ring substituents is 1. The molecule has 0 bridgehead atoms. The van der Waals surface area contributed by atoms with E-state index in [2.05, 4.69) is 0 Å². The molecule has 0 aliphatic heterocycles. The third kappa shape index (κ3) is 5.17. The molecule has 0 heterocycles. The number of carbonyl (C=O) groups is 1. The average molecular weight is 428 g/mol. The van der Waals surface area contributed by atoms with E-state index in [4.69, 9.17) is 4.74 Å². The van der Waals surface area contributed by atoms with Gasteiger partial charge in [0.25, 0.3) is 11.4 Å². The maximum absolute atomic E-state index is 12.3. The molecular weight excluding hydrogens is 416 g/mol. The van der Waals surface area contributed by atoms with Crippen LogP contribution in [0.25, 0.3) is 0 Å². The summed E-state index contributed by atoms with van der Waals surface area (Å²) in [4.78, 5) is 31.5. The highest BCUT2D eigenvalue weighted by Crippen LogP contribution is 2.26. The van der Waals surface area contributed by atoms with Crippen LogP contribution in [-0.2, 0) is 25.4 Å². The Kier molecular flexibility index (Phi) is 6.20. The molecule has 0 spiro atoms. The van der Waals surface area contributed by atoms with Gasteiger partial charge in [-0.25, -0.2) is 8.42 Å². The lowest BCUT2D eigenvalue weighted by atomic mass is 10.3. The van der Waals surface area contributed by atoms with E-state index in [1.807, 2.05) is 0 Å². The Morgan fingerprint density at radius 2 is 1.68 bits per heavy atom. The van der Waals surface area contributed by atoms with Crippen molar-refractivity contribution in [3.05, 3.63) is 62.7 Å². The first-order chi connectivity index (χ1) is 13.0. The van der Waals surface area contributed by atoms with Crippen molar-refractivity contribution < 1.29 is 32.0 Å². The number of nitro groups is 2. The predicted molar refractivity (Wildman–Crippen MR) is 96.2 cm³/mol. The summed E-state index contributed by atoms with van der Waals surface area (Å²) >= 11 is 0. The van der Waals surface area contributed by atoms with Crippen molar-refractivity contribution in [2.24, 2.45) is 0 Å². The second-order valence-corrected chi connectivity index (χ2v) is 8.81. The summed E-state index contributed by atoms with van der Waals surface area (Å²) in [7, 11) is -5.90. The molecule has 0 N–H and O–H groups in total. The van der Waals surface area contributed by atoms with Gasteiger partial charge < -0.3 is 4.74 Å². The van der Waals surface area contributed by atoms with Crippen LogP contribution in [0.3, 0.4) is 0 Å². The van der Waals surface area contributed by atoms with Gasteiger partial charge >= 0.3 is 5.97 Å². The molecule has 0 amide bonds. The van der Waals surface area contributed by atoms with Gasteiger partial charge in [-0.2, -0.15) is 0 Å². The van der Waals surface area contributed by atoms with Crippen LogP contribution in [0.2, 0.25) is 0 Å². The van der Waals surface area contributed by atoms with Crippen LogP contribution in [0.4, 0.5) is 11.4 Å². The van der Waals surface area contributed by atoms with Crippen molar-refractivity contribution in [1.82, 2.24) is 0 Å². The maximum Gasteiger partial charge on any atom is 0.324 e. The van der Waals surface area contributed by atoms with Crippen LogP contribution in [-0.4, -0.2) is 40.5 Å². The Labute approximate surface area is 160 Å². The van der Waals surface area contributed by atoms with Crippen molar-refractivity contribution in [2.75, 3.05) is 12.0 Å². The monoisotopic (exact) mass is 428 g/mol. The van der Waals surface area contributed by atoms with Crippen LogP contribution in [0.1, 0.15) is 0 Å². The molecule has 0 aliphatic rings. The smallest absolute Gasteiger partial charge is 0.324 e. The quantitative estimate of drug-likeness (QED) is 0.276. The van der Waals surface area contributed by atoms with Gasteiger partial charge in [0.05, 0.1) is 25.5 Å². The molecule has 2 aromatic carbocycles. The average Bonchev–Trinajstić information content (AvgIpc) is 2.60. The lowest BCUT2D eigenvalue weighted by Gasteiger charge is -2.06. The molecule has 28 heavy (non-hydrogen) atoms.